The number of carboxylic acids is 1. The molecule has 0 atom stereocenters. The number of rotatable bonds is 4. The van der Waals surface area contributed by atoms with Crippen LogP contribution in [0.3, 0.4) is 0 Å². The third kappa shape index (κ3) is 2.86. The molecule has 3 aromatic rings. The standard InChI is InChI=1S/C16H11FO4/c17-12-3-5-13(6-4-12)20-9-14-7-10-1-2-11(16(18)19)8-15(10)21-14/h1-8H,9H2,(H,18,19). The molecule has 1 N–H and O–H groups in total. The zero-order valence-corrected chi connectivity index (χ0v) is 10.9. The van der Waals surface area contributed by atoms with Crippen molar-refractivity contribution >= 4 is 16.9 Å². The minimum Gasteiger partial charge on any atom is -0.486 e. The first-order valence-electron chi connectivity index (χ1n) is 6.26. The fourth-order valence-corrected chi connectivity index (χ4v) is 1.98. The van der Waals surface area contributed by atoms with Crippen LogP contribution in [-0.4, -0.2) is 11.1 Å². The first-order valence-corrected chi connectivity index (χ1v) is 6.26. The van der Waals surface area contributed by atoms with Crippen molar-refractivity contribution in [3.63, 3.8) is 0 Å². The van der Waals surface area contributed by atoms with Crippen LogP contribution in [0, 0.1) is 5.82 Å². The molecule has 0 fully saturated rings. The SMILES string of the molecule is O=C(O)c1ccc2cc(COc3ccc(F)cc3)oc2c1. The minimum absolute atomic E-state index is 0.169. The number of benzene rings is 2. The van der Waals surface area contributed by atoms with E-state index in [1.807, 2.05) is 0 Å². The Morgan fingerprint density at radius 1 is 1.14 bits per heavy atom. The summed E-state index contributed by atoms with van der Waals surface area (Å²) in [6.07, 6.45) is 0. The van der Waals surface area contributed by atoms with Crippen LogP contribution in [0.15, 0.2) is 52.9 Å². The van der Waals surface area contributed by atoms with Gasteiger partial charge in [0, 0.05) is 5.39 Å². The first kappa shape index (κ1) is 13.2. The quantitative estimate of drug-likeness (QED) is 0.791. The molecule has 0 spiro atoms. The summed E-state index contributed by atoms with van der Waals surface area (Å²) in [6, 6.07) is 12.1. The van der Waals surface area contributed by atoms with E-state index >= 15 is 0 Å². The lowest BCUT2D eigenvalue weighted by atomic mass is 10.2. The van der Waals surface area contributed by atoms with Crippen LogP contribution < -0.4 is 4.74 Å². The molecule has 0 saturated heterocycles. The number of hydrogen-bond donors (Lipinski definition) is 1. The fourth-order valence-electron chi connectivity index (χ4n) is 1.98. The Balaban J connectivity index is 1.78. The van der Waals surface area contributed by atoms with Crippen molar-refractivity contribution < 1.29 is 23.4 Å². The lowest BCUT2D eigenvalue weighted by Crippen LogP contribution is -1.94. The van der Waals surface area contributed by atoms with Gasteiger partial charge in [0.05, 0.1) is 5.56 Å². The minimum atomic E-state index is -1.00. The Bertz CT molecular complexity index is 790. The van der Waals surface area contributed by atoms with Crippen molar-refractivity contribution in [1.82, 2.24) is 0 Å². The van der Waals surface area contributed by atoms with Crippen molar-refractivity contribution in [2.45, 2.75) is 6.61 Å². The zero-order valence-electron chi connectivity index (χ0n) is 10.9. The van der Waals surface area contributed by atoms with E-state index in [0.29, 0.717) is 17.1 Å². The molecule has 0 radical (unpaired) electrons. The maximum absolute atomic E-state index is 12.8. The molecular formula is C16H11FO4. The van der Waals surface area contributed by atoms with Gasteiger partial charge in [0.15, 0.2) is 0 Å². The maximum Gasteiger partial charge on any atom is 0.335 e. The van der Waals surface area contributed by atoms with Crippen LogP contribution in [0.25, 0.3) is 11.0 Å². The highest BCUT2D eigenvalue weighted by Gasteiger charge is 2.08. The van der Waals surface area contributed by atoms with E-state index in [2.05, 4.69) is 0 Å². The van der Waals surface area contributed by atoms with Crippen LogP contribution in [-0.2, 0) is 6.61 Å². The van der Waals surface area contributed by atoms with Crippen molar-refractivity contribution in [3.05, 3.63) is 65.7 Å². The third-order valence-electron chi connectivity index (χ3n) is 3.01. The van der Waals surface area contributed by atoms with Crippen molar-refractivity contribution in [3.8, 4) is 5.75 Å². The normalized spacial score (nSPS) is 10.7. The summed E-state index contributed by atoms with van der Waals surface area (Å²) >= 11 is 0. The molecule has 3 rings (SSSR count). The molecule has 1 heterocycles. The second-order valence-electron chi connectivity index (χ2n) is 4.51. The molecule has 0 aliphatic rings. The van der Waals surface area contributed by atoms with Gasteiger partial charge in [-0.05, 0) is 42.5 Å². The number of hydrogen-bond acceptors (Lipinski definition) is 3. The Kier molecular flexibility index (Phi) is 3.31. The van der Waals surface area contributed by atoms with E-state index in [4.69, 9.17) is 14.3 Å². The lowest BCUT2D eigenvalue weighted by Gasteiger charge is -2.03. The number of furan rings is 1. The topological polar surface area (TPSA) is 59.7 Å². The predicted molar refractivity (Wildman–Crippen MR) is 73.9 cm³/mol. The smallest absolute Gasteiger partial charge is 0.335 e. The van der Waals surface area contributed by atoms with Gasteiger partial charge in [-0.2, -0.15) is 0 Å². The highest BCUT2D eigenvalue weighted by Crippen LogP contribution is 2.22. The van der Waals surface area contributed by atoms with E-state index in [1.54, 1.807) is 12.1 Å². The molecule has 5 heteroatoms. The van der Waals surface area contributed by atoms with Gasteiger partial charge in [-0.3, -0.25) is 0 Å². The maximum atomic E-state index is 12.8. The third-order valence-corrected chi connectivity index (χ3v) is 3.01. The average molecular weight is 286 g/mol. The van der Waals surface area contributed by atoms with E-state index < -0.39 is 5.97 Å². The summed E-state index contributed by atoms with van der Waals surface area (Å²) in [4.78, 5) is 10.9. The fraction of sp³-hybridized carbons (Fsp3) is 0.0625. The van der Waals surface area contributed by atoms with E-state index in [0.717, 1.165) is 5.39 Å². The van der Waals surface area contributed by atoms with Gasteiger partial charge in [0.1, 0.15) is 29.5 Å². The number of ether oxygens (including phenoxy) is 1. The molecular weight excluding hydrogens is 275 g/mol. The van der Waals surface area contributed by atoms with Crippen molar-refractivity contribution in [1.29, 1.82) is 0 Å². The monoisotopic (exact) mass is 286 g/mol. The number of carbonyl (C=O) groups is 1. The summed E-state index contributed by atoms with van der Waals surface area (Å²) in [5.74, 6) is -0.232. The van der Waals surface area contributed by atoms with E-state index in [1.165, 1.54) is 36.4 Å². The highest BCUT2D eigenvalue weighted by atomic mass is 19.1. The van der Waals surface area contributed by atoms with E-state index in [9.17, 15) is 9.18 Å². The Morgan fingerprint density at radius 2 is 1.90 bits per heavy atom. The van der Waals surface area contributed by atoms with Crippen LogP contribution in [0.4, 0.5) is 4.39 Å². The zero-order chi connectivity index (χ0) is 14.8. The Morgan fingerprint density at radius 3 is 2.62 bits per heavy atom. The van der Waals surface area contributed by atoms with E-state index in [-0.39, 0.29) is 18.0 Å². The molecule has 1 aromatic heterocycles. The van der Waals surface area contributed by atoms with Crippen LogP contribution in [0.2, 0.25) is 0 Å². The molecule has 0 aliphatic heterocycles. The summed E-state index contributed by atoms with van der Waals surface area (Å²) in [6.45, 7) is 0.183. The number of fused-ring (bicyclic) bond motifs is 1. The largest absolute Gasteiger partial charge is 0.486 e. The molecule has 0 amide bonds. The van der Waals surface area contributed by atoms with Gasteiger partial charge in [0.2, 0.25) is 0 Å². The molecule has 2 aromatic carbocycles. The molecule has 0 bridgehead atoms. The van der Waals surface area contributed by atoms with Crippen molar-refractivity contribution in [2.75, 3.05) is 0 Å². The van der Waals surface area contributed by atoms with Gasteiger partial charge in [-0.1, -0.05) is 6.07 Å². The summed E-state index contributed by atoms with van der Waals surface area (Å²) in [5.41, 5.74) is 0.662. The van der Waals surface area contributed by atoms with Gasteiger partial charge in [-0.15, -0.1) is 0 Å². The summed E-state index contributed by atoms with van der Waals surface area (Å²) < 4.78 is 23.8. The summed E-state index contributed by atoms with van der Waals surface area (Å²) in [7, 11) is 0. The second-order valence-corrected chi connectivity index (χ2v) is 4.51. The van der Waals surface area contributed by atoms with Crippen molar-refractivity contribution in [2.24, 2.45) is 0 Å². The molecule has 21 heavy (non-hydrogen) atoms. The van der Waals surface area contributed by atoms with Crippen LogP contribution in [0.5, 0.6) is 5.75 Å². The Hall–Kier alpha value is -2.82. The molecule has 0 saturated carbocycles. The number of aromatic carboxylic acids is 1. The molecule has 4 nitrogen and oxygen atoms in total. The van der Waals surface area contributed by atoms with Crippen LogP contribution in [0.1, 0.15) is 16.1 Å². The van der Waals surface area contributed by atoms with Gasteiger partial charge >= 0.3 is 5.97 Å². The number of halogens is 1. The first-order chi connectivity index (χ1) is 10.1. The second kappa shape index (κ2) is 5.28. The average Bonchev–Trinajstić information content (AvgIpc) is 2.88. The summed E-state index contributed by atoms with van der Waals surface area (Å²) in [5, 5.41) is 9.73. The van der Waals surface area contributed by atoms with Crippen LogP contribution >= 0.6 is 0 Å². The molecule has 0 unspecified atom stereocenters. The lowest BCUT2D eigenvalue weighted by molar-refractivity contribution is 0.0697. The molecule has 106 valence electrons. The molecule has 0 aliphatic carbocycles. The predicted octanol–water partition coefficient (Wildman–Crippen LogP) is 3.85. The Labute approximate surface area is 119 Å². The number of carboxylic acid groups (broad SMARTS) is 1. The van der Waals surface area contributed by atoms with Gasteiger partial charge < -0.3 is 14.3 Å². The van der Waals surface area contributed by atoms with Gasteiger partial charge in [-0.25, -0.2) is 9.18 Å². The van der Waals surface area contributed by atoms with Gasteiger partial charge in [0.25, 0.3) is 0 Å². The highest BCUT2D eigenvalue weighted by molar-refractivity contribution is 5.92.